The van der Waals surface area contributed by atoms with Gasteiger partial charge in [0.25, 0.3) is 0 Å². The van der Waals surface area contributed by atoms with Gasteiger partial charge < -0.3 is 9.80 Å². The van der Waals surface area contributed by atoms with Gasteiger partial charge in [0.2, 0.25) is 0 Å². The monoisotopic (exact) mass is 325 g/mol. The second-order valence-corrected chi connectivity index (χ2v) is 6.74. The van der Waals surface area contributed by atoms with Gasteiger partial charge in [-0.1, -0.05) is 0 Å². The number of thiophene rings is 1. The Morgan fingerprint density at radius 3 is 2.70 bits per heavy atom. The number of aromatic nitrogens is 3. The molecule has 1 aliphatic rings. The Morgan fingerprint density at radius 2 is 1.83 bits per heavy atom. The maximum Gasteiger partial charge on any atom is 0.151 e. The van der Waals surface area contributed by atoms with Crippen molar-refractivity contribution in [2.24, 2.45) is 0 Å². The fourth-order valence-electron chi connectivity index (χ4n) is 3.06. The SMILES string of the molecule is Cc1ccc(N2CCCN(c3ccnc4ccsc34)CC2)nn1. The molecule has 0 bridgehead atoms. The summed E-state index contributed by atoms with van der Waals surface area (Å²) in [7, 11) is 0. The summed E-state index contributed by atoms with van der Waals surface area (Å²) < 4.78 is 1.29. The zero-order valence-electron chi connectivity index (χ0n) is 13.1. The van der Waals surface area contributed by atoms with Gasteiger partial charge in [-0.15, -0.1) is 16.4 Å². The predicted molar refractivity (Wildman–Crippen MR) is 95.4 cm³/mol. The third-order valence-electron chi connectivity index (χ3n) is 4.27. The summed E-state index contributed by atoms with van der Waals surface area (Å²) in [6, 6.07) is 8.33. The van der Waals surface area contributed by atoms with Gasteiger partial charge in [-0.05, 0) is 43.0 Å². The first kappa shape index (κ1) is 14.4. The molecule has 0 saturated carbocycles. The van der Waals surface area contributed by atoms with E-state index in [1.54, 1.807) is 11.3 Å². The van der Waals surface area contributed by atoms with E-state index in [1.165, 1.54) is 10.4 Å². The first-order valence-electron chi connectivity index (χ1n) is 7.94. The molecule has 5 nitrogen and oxygen atoms in total. The lowest BCUT2D eigenvalue weighted by Gasteiger charge is -2.24. The van der Waals surface area contributed by atoms with Gasteiger partial charge in [-0.2, -0.15) is 5.10 Å². The molecule has 4 rings (SSSR count). The first-order valence-corrected chi connectivity index (χ1v) is 8.82. The molecular weight excluding hydrogens is 306 g/mol. The Hall–Kier alpha value is -2.21. The highest BCUT2D eigenvalue weighted by molar-refractivity contribution is 7.17. The molecule has 23 heavy (non-hydrogen) atoms. The van der Waals surface area contributed by atoms with Crippen molar-refractivity contribution in [1.29, 1.82) is 0 Å². The van der Waals surface area contributed by atoms with Crippen LogP contribution in [0.1, 0.15) is 12.1 Å². The lowest BCUT2D eigenvalue weighted by molar-refractivity contribution is 0.783. The highest BCUT2D eigenvalue weighted by Gasteiger charge is 2.18. The molecule has 6 heteroatoms. The third-order valence-corrected chi connectivity index (χ3v) is 5.19. The van der Waals surface area contributed by atoms with Crippen molar-refractivity contribution in [2.45, 2.75) is 13.3 Å². The van der Waals surface area contributed by atoms with Gasteiger partial charge in [0.15, 0.2) is 5.82 Å². The number of anilines is 2. The van der Waals surface area contributed by atoms with E-state index in [1.807, 2.05) is 19.2 Å². The molecule has 1 aliphatic heterocycles. The van der Waals surface area contributed by atoms with E-state index in [0.717, 1.165) is 49.6 Å². The van der Waals surface area contributed by atoms with Gasteiger partial charge in [-0.25, -0.2) is 0 Å². The normalized spacial score (nSPS) is 15.9. The highest BCUT2D eigenvalue weighted by atomic mass is 32.1. The van der Waals surface area contributed by atoms with Crippen LogP contribution in [0.5, 0.6) is 0 Å². The fourth-order valence-corrected chi connectivity index (χ4v) is 3.95. The van der Waals surface area contributed by atoms with E-state index < -0.39 is 0 Å². The smallest absolute Gasteiger partial charge is 0.151 e. The molecule has 0 amide bonds. The zero-order valence-corrected chi connectivity index (χ0v) is 14.0. The number of hydrogen-bond donors (Lipinski definition) is 0. The van der Waals surface area contributed by atoms with E-state index in [-0.39, 0.29) is 0 Å². The number of rotatable bonds is 2. The topological polar surface area (TPSA) is 45.2 Å². The van der Waals surface area contributed by atoms with Gasteiger partial charge in [0.05, 0.1) is 21.6 Å². The lowest BCUT2D eigenvalue weighted by atomic mass is 10.3. The van der Waals surface area contributed by atoms with Crippen molar-refractivity contribution in [3.05, 3.63) is 41.5 Å². The number of aryl methyl sites for hydroxylation is 1. The van der Waals surface area contributed by atoms with Crippen molar-refractivity contribution >= 4 is 33.1 Å². The van der Waals surface area contributed by atoms with Crippen LogP contribution in [0.2, 0.25) is 0 Å². The van der Waals surface area contributed by atoms with Gasteiger partial charge >= 0.3 is 0 Å². The molecule has 4 heterocycles. The Bertz CT molecular complexity index is 798. The molecule has 1 saturated heterocycles. The summed E-state index contributed by atoms with van der Waals surface area (Å²) in [4.78, 5) is 9.25. The summed E-state index contributed by atoms with van der Waals surface area (Å²) in [5.41, 5.74) is 3.36. The van der Waals surface area contributed by atoms with Crippen LogP contribution in [0.4, 0.5) is 11.5 Å². The highest BCUT2D eigenvalue weighted by Crippen LogP contribution is 2.30. The maximum absolute atomic E-state index is 4.45. The summed E-state index contributed by atoms with van der Waals surface area (Å²) in [6.45, 7) is 6.01. The van der Waals surface area contributed by atoms with E-state index in [0.29, 0.717) is 0 Å². The summed E-state index contributed by atoms with van der Waals surface area (Å²) in [5, 5.41) is 10.6. The van der Waals surface area contributed by atoms with Gasteiger partial charge in [0.1, 0.15) is 0 Å². The van der Waals surface area contributed by atoms with Crippen LogP contribution in [-0.4, -0.2) is 41.4 Å². The maximum atomic E-state index is 4.45. The molecule has 1 fully saturated rings. The van der Waals surface area contributed by atoms with Crippen LogP contribution in [0, 0.1) is 6.92 Å². The van der Waals surface area contributed by atoms with Crippen molar-refractivity contribution in [1.82, 2.24) is 15.2 Å². The summed E-state index contributed by atoms with van der Waals surface area (Å²) >= 11 is 1.77. The second-order valence-electron chi connectivity index (χ2n) is 5.83. The number of pyridine rings is 1. The van der Waals surface area contributed by atoms with Gasteiger partial charge in [-0.3, -0.25) is 4.98 Å². The molecular formula is C17H19N5S. The molecule has 3 aromatic heterocycles. The molecule has 0 aromatic carbocycles. The predicted octanol–water partition coefficient (Wildman–Crippen LogP) is 3.11. The van der Waals surface area contributed by atoms with Crippen LogP contribution in [0.15, 0.2) is 35.8 Å². The summed E-state index contributed by atoms with van der Waals surface area (Å²) in [5.74, 6) is 0.980. The van der Waals surface area contributed by atoms with Crippen molar-refractivity contribution in [3.8, 4) is 0 Å². The van der Waals surface area contributed by atoms with Crippen LogP contribution in [0.3, 0.4) is 0 Å². The van der Waals surface area contributed by atoms with Crippen LogP contribution < -0.4 is 9.80 Å². The largest absolute Gasteiger partial charge is 0.368 e. The molecule has 118 valence electrons. The number of hydrogen-bond acceptors (Lipinski definition) is 6. The second kappa shape index (κ2) is 6.12. The molecule has 0 N–H and O–H groups in total. The molecule has 0 unspecified atom stereocenters. The van der Waals surface area contributed by atoms with E-state index in [4.69, 9.17) is 0 Å². The summed E-state index contributed by atoms with van der Waals surface area (Å²) in [6.07, 6.45) is 3.03. The van der Waals surface area contributed by atoms with Gasteiger partial charge in [0, 0.05) is 32.4 Å². The minimum Gasteiger partial charge on any atom is -0.368 e. The number of fused-ring (bicyclic) bond motifs is 1. The van der Waals surface area contributed by atoms with E-state index in [9.17, 15) is 0 Å². The minimum atomic E-state index is 0.960. The first-order chi connectivity index (χ1) is 11.3. The Kier molecular flexibility index (Phi) is 3.83. The third kappa shape index (κ3) is 2.86. The quantitative estimate of drug-likeness (QED) is 0.724. The molecule has 0 spiro atoms. The number of nitrogens with zero attached hydrogens (tertiary/aromatic N) is 5. The van der Waals surface area contributed by atoms with Crippen LogP contribution in [0.25, 0.3) is 10.2 Å². The zero-order chi connectivity index (χ0) is 15.6. The van der Waals surface area contributed by atoms with E-state index in [2.05, 4.69) is 48.6 Å². The van der Waals surface area contributed by atoms with Crippen LogP contribution in [-0.2, 0) is 0 Å². The van der Waals surface area contributed by atoms with Crippen molar-refractivity contribution in [2.75, 3.05) is 36.0 Å². The minimum absolute atomic E-state index is 0.960. The molecule has 0 atom stereocenters. The molecule has 3 aromatic rings. The fraction of sp³-hybridized carbons (Fsp3) is 0.353. The molecule has 0 radical (unpaired) electrons. The average molecular weight is 325 g/mol. The Labute approximate surface area is 139 Å². The van der Waals surface area contributed by atoms with E-state index >= 15 is 0 Å². The van der Waals surface area contributed by atoms with Crippen LogP contribution >= 0.6 is 11.3 Å². The van der Waals surface area contributed by atoms with Crippen molar-refractivity contribution < 1.29 is 0 Å². The Balaban J connectivity index is 1.55. The Morgan fingerprint density at radius 1 is 0.957 bits per heavy atom. The van der Waals surface area contributed by atoms with Crippen molar-refractivity contribution in [3.63, 3.8) is 0 Å². The standard InChI is InChI=1S/C17H19N5S/c1-13-3-4-16(20-19-13)22-9-2-8-21(10-11-22)15-5-7-18-14-6-12-23-17(14)15/h3-7,12H,2,8-11H2,1H3. The lowest BCUT2D eigenvalue weighted by Crippen LogP contribution is -2.31. The molecule has 0 aliphatic carbocycles. The average Bonchev–Trinajstić information content (AvgIpc) is 2.93.